The Bertz CT molecular complexity index is 1420. The van der Waals surface area contributed by atoms with E-state index in [0.29, 0.717) is 23.7 Å². The Hall–Kier alpha value is -4.10. The van der Waals surface area contributed by atoms with E-state index in [1.54, 1.807) is 12.1 Å². The molecule has 196 valence electrons. The van der Waals surface area contributed by atoms with Crippen molar-refractivity contribution in [3.05, 3.63) is 96.3 Å². The predicted octanol–water partition coefficient (Wildman–Crippen LogP) is 6.17. The van der Waals surface area contributed by atoms with Crippen LogP contribution in [0.5, 0.6) is 11.5 Å². The Labute approximate surface area is 221 Å². The lowest BCUT2D eigenvalue weighted by Crippen LogP contribution is -2.39. The maximum Gasteiger partial charge on any atom is 0.343 e. The van der Waals surface area contributed by atoms with Gasteiger partial charge >= 0.3 is 5.97 Å². The zero-order valence-corrected chi connectivity index (χ0v) is 21.5. The molecule has 4 aromatic rings. The van der Waals surface area contributed by atoms with Crippen molar-refractivity contribution in [2.45, 2.75) is 25.5 Å². The van der Waals surface area contributed by atoms with Crippen molar-refractivity contribution in [2.24, 2.45) is 0 Å². The first-order valence-electron chi connectivity index (χ1n) is 12.8. The summed E-state index contributed by atoms with van der Waals surface area (Å²) in [7, 11) is 1.32. The lowest BCUT2D eigenvalue weighted by atomic mass is 9.99. The first kappa shape index (κ1) is 25.5. The summed E-state index contributed by atoms with van der Waals surface area (Å²) in [5, 5.41) is 6.12. The molecule has 0 saturated heterocycles. The lowest BCUT2D eigenvalue weighted by molar-refractivity contribution is -0.142. The molecule has 0 spiro atoms. The van der Waals surface area contributed by atoms with E-state index in [1.165, 1.54) is 35.6 Å². The summed E-state index contributed by atoms with van der Waals surface area (Å²) in [4.78, 5) is 13.5. The quantitative estimate of drug-likeness (QED) is 0.270. The highest BCUT2D eigenvalue weighted by molar-refractivity contribution is 5.86. The number of anilines is 2. The second-order valence-corrected chi connectivity index (χ2v) is 9.36. The van der Waals surface area contributed by atoms with E-state index in [9.17, 15) is 9.18 Å². The number of halogens is 1. The number of hydrogen-bond donors (Lipinski definition) is 1. The number of methoxy groups -OCH3 is 1. The summed E-state index contributed by atoms with van der Waals surface area (Å²) in [6, 6.07) is 26.9. The van der Waals surface area contributed by atoms with Gasteiger partial charge in [-0.3, -0.25) is 0 Å². The van der Waals surface area contributed by atoms with Gasteiger partial charge in [0.1, 0.15) is 23.4 Å². The largest absolute Gasteiger partial charge is 0.486 e. The number of hydrogen-bond acceptors (Lipinski definition) is 6. The van der Waals surface area contributed by atoms with E-state index in [4.69, 9.17) is 9.47 Å². The van der Waals surface area contributed by atoms with Gasteiger partial charge in [0.15, 0.2) is 6.61 Å². The maximum atomic E-state index is 14.2. The fourth-order valence-corrected chi connectivity index (χ4v) is 4.86. The van der Waals surface area contributed by atoms with Crippen LogP contribution in [0, 0.1) is 5.82 Å². The lowest BCUT2D eigenvalue weighted by Gasteiger charge is -2.36. The van der Waals surface area contributed by atoms with Crippen LogP contribution >= 0.6 is 0 Å². The number of nitrogens with one attached hydrogen (secondary N) is 1. The van der Waals surface area contributed by atoms with Crippen molar-refractivity contribution < 1.29 is 23.4 Å². The summed E-state index contributed by atoms with van der Waals surface area (Å²) >= 11 is 0. The molecule has 1 N–H and O–H groups in total. The van der Waals surface area contributed by atoms with Crippen LogP contribution in [0.4, 0.5) is 15.8 Å². The molecule has 1 aliphatic rings. The van der Waals surface area contributed by atoms with Gasteiger partial charge in [-0.15, -0.1) is 0 Å². The third kappa shape index (κ3) is 5.73. The average Bonchev–Trinajstić information content (AvgIpc) is 2.95. The summed E-state index contributed by atoms with van der Waals surface area (Å²) < 4.78 is 30.7. The molecule has 0 saturated carbocycles. The summed E-state index contributed by atoms with van der Waals surface area (Å²) in [6.07, 6.45) is 0.654. The number of ether oxygens (including phenoxy) is 3. The molecule has 0 aromatic heterocycles. The Kier molecular flexibility index (Phi) is 7.75. The van der Waals surface area contributed by atoms with Crippen LogP contribution in [-0.4, -0.2) is 38.9 Å². The van der Waals surface area contributed by atoms with Gasteiger partial charge in [-0.05, 0) is 60.5 Å². The third-order valence-electron chi connectivity index (χ3n) is 6.81. The molecular formula is C31H31FN2O4. The molecule has 5 rings (SSSR count). The normalized spacial score (nSPS) is 15.4. The summed E-state index contributed by atoms with van der Waals surface area (Å²) in [5.74, 6) is 0.365. The molecule has 2 atom stereocenters. The van der Waals surface area contributed by atoms with E-state index >= 15 is 0 Å². The molecule has 0 bridgehead atoms. The fraction of sp³-hybridized carbons (Fsp3) is 0.258. The summed E-state index contributed by atoms with van der Waals surface area (Å²) in [6.45, 7) is 3.29. The molecule has 2 unspecified atom stereocenters. The second kappa shape index (κ2) is 11.5. The zero-order chi connectivity index (χ0) is 26.5. The highest BCUT2D eigenvalue weighted by Gasteiger charge is 2.27. The second-order valence-electron chi connectivity index (χ2n) is 9.36. The van der Waals surface area contributed by atoms with E-state index in [0.717, 1.165) is 18.7 Å². The monoisotopic (exact) mass is 514 g/mol. The SMILES string of the molecule is COC(=O)COc1cccc(N2CC(CCNC(C)c3cccc4ccccc34)Oc3ccc(F)cc32)c1. The molecule has 4 aromatic carbocycles. The number of fused-ring (bicyclic) bond motifs is 2. The van der Waals surface area contributed by atoms with Crippen molar-refractivity contribution in [1.29, 1.82) is 0 Å². The van der Waals surface area contributed by atoms with Gasteiger partial charge in [-0.1, -0.05) is 48.5 Å². The number of rotatable bonds is 9. The fourth-order valence-electron chi connectivity index (χ4n) is 4.86. The van der Waals surface area contributed by atoms with Gasteiger partial charge in [0.2, 0.25) is 0 Å². The predicted molar refractivity (Wildman–Crippen MR) is 147 cm³/mol. The number of benzene rings is 4. The van der Waals surface area contributed by atoms with Crippen LogP contribution in [0.15, 0.2) is 84.9 Å². The van der Waals surface area contributed by atoms with Crippen LogP contribution in [0.25, 0.3) is 10.8 Å². The van der Waals surface area contributed by atoms with Gasteiger partial charge in [0.05, 0.1) is 19.3 Å². The molecule has 6 nitrogen and oxygen atoms in total. The van der Waals surface area contributed by atoms with Crippen molar-refractivity contribution in [3.8, 4) is 11.5 Å². The number of nitrogens with zero attached hydrogens (tertiary/aromatic N) is 1. The molecule has 0 aliphatic carbocycles. The molecule has 0 amide bonds. The van der Waals surface area contributed by atoms with E-state index < -0.39 is 5.97 Å². The molecule has 1 aliphatic heterocycles. The van der Waals surface area contributed by atoms with Crippen molar-refractivity contribution in [3.63, 3.8) is 0 Å². The minimum Gasteiger partial charge on any atom is -0.486 e. The Morgan fingerprint density at radius 3 is 2.76 bits per heavy atom. The van der Waals surface area contributed by atoms with Gasteiger partial charge in [-0.2, -0.15) is 0 Å². The van der Waals surface area contributed by atoms with Crippen LogP contribution in [-0.2, 0) is 9.53 Å². The number of carbonyl (C=O) groups excluding carboxylic acids is 1. The van der Waals surface area contributed by atoms with Crippen molar-refractivity contribution in [2.75, 3.05) is 31.7 Å². The maximum absolute atomic E-state index is 14.2. The molecular weight excluding hydrogens is 483 g/mol. The third-order valence-corrected chi connectivity index (χ3v) is 6.81. The van der Waals surface area contributed by atoms with Crippen LogP contribution in [0.1, 0.15) is 24.9 Å². The smallest absolute Gasteiger partial charge is 0.343 e. The average molecular weight is 515 g/mol. The minimum atomic E-state index is -0.459. The standard InChI is InChI=1S/C31H31FN2O4/c1-21(27-12-5-8-22-7-3-4-11-28(22)27)33-16-15-26-19-34(29-17-23(32)13-14-30(29)38-26)24-9-6-10-25(18-24)37-20-31(35)36-2/h3-14,17-18,21,26,33H,15-16,19-20H2,1-2H3. The van der Waals surface area contributed by atoms with Crippen LogP contribution in [0.2, 0.25) is 0 Å². The van der Waals surface area contributed by atoms with Crippen molar-refractivity contribution >= 4 is 28.1 Å². The Morgan fingerprint density at radius 1 is 1.08 bits per heavy atom. The first-order chi connectivity index (χ1) is 18.5. The number of esters is 1. The van der Waals surface area contributed by atoms with Crippen molar-refractivity contribution in [1.82, 2.24) is 5.32 Å². The Morgan fingerprint density at radius 2 is 1.89 bits per heavy atom. The highest BCUT2D eigenvalue weighted by atomic mass is 19.1. The number of carbonyl (C=O) groups is 1. The van der Waals surface area contributed by atoms with E-state index in [1.807, 2.05) is 23.1 Å². The molecule has 38 heavy (non-hydrogen) atoms. The molecule has 0 fully saturated rings. The minimum absolute atomic E-state index is 0.111. The van der Waals surface area contributed by atoms with Crippen LogP contribution in [0.3, 0.4) is 0 Å². The molecule has 0 radical (unpaired) electrons. The topological polar surface area (TPSA) is 60.0 Å². The van der Waals surface area contributed by atoms with E-state index in [-0.39, 0.29) is 24.6 Å². The van der Waals surface area contributed by atoms with Crippen LogP contribution < -0.4 is 19.7 Å². The summed E-state index contributed by atoms with van der Waals surface area (Å²) in [5.41, 5.74) is 2.74. The van der Waals surface area contributed by atoms with Gasteiger partial charge in [0, 0.05) is 23.9 Å². The van der Waals surface area contributed by atoms with Gasteiger partial charge in [-0.25, -0.2) is 9.18 Å². The first-order valence-corrected chi connectivity index (χ1v) is 12.8. The van der Waals surface area contributed by atoms with E-state index in [2.05, 4.69) is 59.4 Å². The zero-order valence-electron chi connectivity index (χ0n) is 21.5. The molecule has 7 heteroatoms. The Balaban J connectivity index is 1.29. The van der Waals surface area contributed by atoms with Gasteiger partial charge in [0.25, 0.3) is 0 Å². The highest BCUT2D eigenvalue weighted by Crippen LogP contribution is 2.40. The molecule has 1 heterocycles. The van der Waals surface area contributed by atoms with Gasteiger partial charge < -0.3 is 24.4 Å².